The number of carbonyl (C=O) groups is 1. The van der Waals surface area contributed by atoms with Crippen molar-refractivity contribution < 1.29 is 9.53 Å². The molecule has 2 rings (SSSR count). The van der Waals surface area contributed by atoms with E-state index in [2.05, 4.69) is 34.3 Å². The maximum atomic E-state index is 12.7. The number of carbonyl (C=O) groups excluding carboxylic acids is 1. The summed E-state index contributed by atoms with van der Waals surface area (Å²) >= 11 is 3.58. The van der Waals surface area contributed by atoms with Crippen LogP contribution in [0.25, 0.3) is 0 Å². The summed E-state index contributed by atoms with van der Waals surface area (Å²) in [5, 5.41) is 0. The lowest BCUT2D eigenvalue weighted by Crippen LogP contribution is -2.44. The monoisotopic (exact) mass is 313 g/mol. The van der Waals surface area contributed by atoms with E-state index >= 15 is 0 Å². The number of rotatable bonds is 3. The molecular weight excluding hydrogens is 294 g/mol. The first-order chi connectivity index (χ1) is 8.58. The molecule has 100 valence electrons. The van der Waals surface area contributed by atoms with Crippen molar-refractivity contribution in [2.45, 2.75) is 26.2 Å². The Labute approximate surface area is 117 Å². The minimum Gasteiger partial charge on any atom is -0.378 e. The SMILES string of the molecule is C=CC[C@]1(C)CCC(Br)=C(N2CCOCC2)C1=O. The molecule has 0 N–H and O–H groups in total. The number of nitrogens with zero attached hydrogens (tertiary/aromatic N) is 1. The van der Waals surface area contributed by atoms with Gasteiger partial charge in [-0.1, -0.05) is 28.9 Å². The van der Waals surface area contributed by atoms with Gasteiger partial charge in [-0.2, -0.15) is 0 Å². The lowest BCUT2D eigenvalue weighted by molar-refractivity contribution is -0.127. The van der Waals surface area contributed by atoms with E-state index in [1.165, 1.54) is 0 Å². The van der Waals surface area contributed by atoms with Gasteiger partial charge in [0, 0.05) is 23.0 Å². The molecule has 3 nitrogen and oxygen atoms in total. The number of Topliss-reactive ketones (excluding diaryl/α,β-unsaturated/α-hetero) is 1. The molecule has 1 heterocycles. The molecule has 0 saturated carbocycles. The van der Waals surface area contributed by atoms with Crippen LogP contribution in [-0.4, -0.2) is 37.0 Å². The molecular formula is C14H20BrNO2. The van der Waals surface area contributed by atoms with E-state index in [1.54, 1.807) is 0 Å². The molecule has 0 amide bonds. The Morgan fingerprint density at radius 2 is 2.17 bits per heavy atom. The van der Waals surface area contributed by atoms with Gasteiger partial charge < -0.3 is 9.64 Å². The molecule has 1 aliphatic heterocycles. The average Bonchev–Trinajstić information content (AvgIpc) is 2.37. The van der Waals surface area contributed by atoms with Crippen molar-refractivity contribution in [3.63, 3.8) is 0 Å². The minimum atomic E-state index is -0.285. The van der Waals surface area contributed by atoms with E-state index in [-0.39, 0.29) is 11.2 Å². The Hall–Kier alpha value is -0.610. The number of halogens is 1. The summed E-state index contributed by atoms with van der Waals surface area (Å²) in [6.45, 7) is 8.85. The van der Waals surface area contributed by atoms with Crippen LogP contribution >= 0.6 is 15.9 Å². The molecule has 1 atom stereocenters. The maximum absolute atomic E-state index is 12.7. The van der Waals surface area contributed by atoms with Crippen molar-refractivity contribution in [2.24, 2.45) is 5.41 Å². The third-order valence-electron chi connectivity index (χ3n) is 3.84. The molecule has 0 bridgehead atoms. The van der Waals surface area contributed by atoms with E-state index in [4.69, 9.17) is 4.74 Å². The molecule has 0 aromatic rings. The molecule has 0 radical (unpaired) electrons. The van der Waals surface area contributed by atoms with Crippen LogP contribution in [0.1, 0.15) is 26.2 Å². The first kappa shape index (κ1) is 13.8. The highest BCUT2D eigenvalue weighted by molar-refractivity contribution is 9.11. The summed E-state index contributed by atoms with van der Waals surface area (Å²) in [4.78, 5) is 14.9. The lowest BCUT2D eigenvalue weighted by atomic mass is 9.73. The third kappa shape index (κ3) is 2.54. The van der Waals surface area contributed by atoms with Crippen LogP contribution in [0.5, 0.6) is 0 Å². The minimum absolute atomic E-state index is 0.252. The van der Waals surface area contributed by atoms with Crippen LogP contribution in [0.2, 0.25) is 0 Å². The van der Waals surface area contributed by atoms with Gasteiger partial charge in [-0.15, -0.1) is 6.58 Å². The van der Waals surface area contributed by atoms with E-state index < -0.39 is 0 Å². The fraction of sp³-hybridized carbons (Fsp3) is 0.643. The summed E-state index contributed by atoms with van der Waals surface area (Å²) in [5.41, 5.74) is 0.584. The van der Waals surface area contributed by atoms with E-state index in [1.807, 2.05) is 6.08 Å². The van der Waals surface area contributed by atoms with Crippen molar-refractivity contribution in [3.8, 4) is 0 Å². The summed E-state index contributed by atoms with van der Waals surface area (Å²) in [5.74, 6) is 0.252. The number of morpholine rings is 1. The molecule has 2 aliphatic rings. The van der Waals surface area contributed by atoms with Crippen molar-refractivity contribution in [3.05, 3.63) is 22.8 Å². The highest BCUT2D eigenvalue weighted by Gasteiger charge is 2.40. The predicted octanol–water partition coefficient (Wildman–Crippen LogP) is 2.87. The van der Waals surface area contributed by atoms with Crippen molar-refractivity contribution in [1.29, 1.82) is 0 Å². The maximum Gasteiger partial charge on any atom is 0.185 e. The Balaban J connectivity index is 2.25. The first-order valence-corrected chi connectivity index (χ1v) is 7.25. The van der Waals surface area contributed by atoms with Gasteiger partial charge in [-0.05, 0) is 19.3 Å². The molecule has 0 spiro atoms. The topological polar surface area (TPSA) is 29.5 Å². The van der Waals surface area contributed by atoms with Crippen LogP contribution in [0.15, 0.2) is 22.8 Å². The Kier molecular flexibility index (Phi) is 4.28. The van der Waals surface area contributed by atoms with Gasteiger partial charge in [-0.3, -0.25) is 4.79 Å². The van der Waals surface area contributed by atoms with Crippen LogP contribution in [-0.2, 0) is 9.53 Å². The van der Waals surface area contributed by atoms with E-state index in [9.17, 15) is 4.79 Å². The Morgan fingerprint density at radius 1 is 1.50 bits per heavy atom. The van der Waals surface area contributed by atoms with Gasteiger partial charge in [0.25, 0.3) is 0 Å². The zero-order valence-electron chi connectivity index (χ0n) is 10.9. The predicted molar refractivity (Wildman–Crippen MR) is 75.5 cm³/mol. The normalized spacial score (nSPS) is 29.7. The Bertz CT molecular complexity index is 385. The summed E-state index contributed by atoms with van der Waals surface area (Å²) in [7, 11) is 0. The first-order valence-electron chi connectivity index (χ1n) is 6.45. The summed E-state index contributed by atoms with van der Waals surface area (Å²) in [6.07, 6.45) is 4.43. The van der Waals surface area contributed by atoms with Gasteiger partial charge in [0.15, 0.2) is 5.78 Å². The number of allylic oxidation sites excluding steroid dienone is 3. The van der Waals surface area contributed by atoms with Crippen molar-refractivity contribution in [2.75, 3.05) is 26.3 Å². The average molecular weight is 314 g/mol. The molecule has 0 aromatic heterocycles. The number of ketones is 1. The van der Waals surface area contributed by atoms with Gasteiger partial charge in [-0.25, -0.2) is 0 Å². The van der Waals surface area contributed by atoms with Crippen LogP contribution < -0.4 is 0 Å². The molecule has 18 heavy (non-hydrogen) atoms. The molecule has 1 fully saturated rings. The number of hydrogen-bond acceptors (Lipinski definition) is 3. The summed E-state index contributed by atoms with van der Waals surface area (Å²) in [6, 6.07) is 0. The van der Waals surface area contributed by atoms with Crippen molar-refractivity contribution in [1.82, 2.24) is 4.90 Å². The quantitative estimate of drug-likeness (QED) is 0.750. The zero-order valence-corrected chi connectivity index (χ0v) is 12.5. The number of ether oxygens (including phenoxy) is 1. The van der Waals surface area contributed by atoms with E-state index in [0.29, 0.717) is 13.2 Å². The van der Waals surface area contributed by atoms with Gasteiger partial charge in [0.05, 0.1) is 18.9 Å². The van der Waals surface area contributed by atoms with E-state index in [0.717, 1.165) is 42.5 Å². The molecule has 4 heteroatoms. The fourth-order valence-electron chi connectivity index (χ4n) is 2.64. The highest BCUT2D eigenvalue weighted by atomic mass is 79.9. The molecule has 1 saturated heterocycles. The standard InChI is InChI=1S/C14H20BrNO2/c1-3-5-14(2)6-4-11(15)12(13(14)17)16-7-9-18-10-8-16/h3H,1,4-10H2,2H3/t14-/m1/s1. The van der Waals surface area contributed by atoms with Gasteiger partial charge >= 0.3 is 0 Å². The second-order valence-electron chi connectivity index (χ2n) is 5.24. The fourth-order valence-corrected chi connectivity index (χ4v) is 3.27. The molecule has 0 unspecified atom stereocenters. The van der Waals surface area contributed by atoms with Crippen LogP contribution in [0.4, 0.5) is 0 Å². The highest BCUT2D eigenvalue weighted by Crippen LogP contribution is 2.42. The second-order valence-corrected chi connectivity index (χ2v) is 6.19. The van der Waals surface area contributed by atoms with Crippen LogP contribution in [0.3, 0.4) is 0 Å². The molecule has 1 aliphatic carbocycles. The largest absolute Gasteiger partial charge is 0.378 e. The lowest BCUT2D eigenvalue weighted by Gasteiger charge is -2.39. The Morgan fingerprint density at radius 3 is 2.78 bits per heavy atom. The second kappa shape index (κ2) is 5.57. The third-order valence-corrected chi connectivity index (χ3v) is 4.61. The van der Waals surface area contributed by atoms with Crippen LogP contribution in [0, 0.1) is 5.41 Å². The van der Waals surface area contributed by atoms with Gasteiger partial charge in [0.2, 0.25) is 0 Å². The van der Waals surface area contributed by atoms with Crippen molar-refractivity contribution >= 4 is 21.7 Å². The zero-order chi connectivity index (χ0) is 13.2. The smallest absolute Gasteiger partial charge is 0.185 e. The number of hydrogen-bond donors (Lipinski definition) is 0. The van der Waals surface area contributed by atoms with Gasteiger partial charge in [0.1, 0.15) is 0 Å². The molecule has 0 aromatic carbocycles. The summed E-state index contributed by atoms with van der Waals surface area (Å²) < 4.78 is 6.41.